The third-order valence-electron chi connectivity index (χ3n) is 4.26. The number of phenolic OH excluding ortho intramolecular Hbond substituents is 2. The Labute approximate surface area is 176 Å². The summed E-state index contributed by atoms with van der Waals surface area (Å²) >= 11 is 0. The third kappa shape index (κ3) is 4.99. The number of benzene rings is 2. The van der Waals surface area contributed by atoms with E-state index in [0.717, 1.165) is 6.07 Å². The molecule has 1 aliphatic heterocycles. The van der Waals surface area contributed by atoms with Crippen LogP contribution in [-0.4, -0.2) is 52.1 Å². The quantitative estimate of drug-likeness (QED) is 0.314. The van der Waals surface area contributed by atoms with Gasteiger partial charge in [0.2, 0.25) is 5.91 Å². The first kappa shape index (κ1) is 21.4. The lowest BCUT2D eigenvalue weighted by Crippen LogP contribution is -2.38. The molecule has 2 aromatic carbocycles. The van der Waals surface area contributed by atoms with Crippen molar-refractivity contribution in [3.05, 3.63) is 59.3 Å². The number of esters is 1. The second-order valence-corrected chi connectivity index (χ2v) is 6.47. The van der Waals surface area contributed by atoms with Gasteiger partial charge in [0.15, 0.2) is 0 Å². The number of carbonyl (C=O) groups excluding carboxylic acids is 4. The van der Waals surface area contributed by atoms with Crippen molar-refractivity contribution in [2.24, 2.45) is 0 Å². The molecular formula is C21H19N3O7. The van der Waals surface area contributed by atoms with Gasteiger partial charge in [0.1, 0.15) is 23.7 Å². The summed E-state index contributed by atoms with van der Waals surface area (Å²) in [7, 11) is 0. The maximum atomic E-state index is 12.5. The van der Waals surface area contributed by atoms with Crippen LogP contribution in [0, 0.1) is 0 Å². The van der Waals surface area contributed by atoms with Gasteiger partial charge >= 0.3 is 12.0 Å². The Morgan fingerprint density at radius 2 is 1.84 bits per heavy atom. The number of rotatable bonds is 6. The number of carbonyl (C=O) groups is 4. The number of hydrogen-bond acceptors (Lipinski definition) is 7. The molecule has 1 heterocycles. The minimum absolute atomic E-state index is 0.127. The highest BCUT2D eigenvalue weighted by Crippen LogP contribution is 2.25. The van der Waals surface area contributed by atoms with Gasteiger partial charge in [-0.15, -0.1) is 0 Å². The van der Waals surface area contributed by atoms with Gasteiger partial charge in [0.25, 0.3) is 5.91 Å². The van der Waals surface area contributed by atoms with Crippen LogP contribution in [0.25, 0.3) is 6.08 Å². The summed E-state index contributed by atoms with van der Waals surface area (Å²) in [5.74, 6) is -2.29. The fourth-order valence-corrected chi connectivity index (χ4v) is 2.77. The van der Waals surface area contributed by atoms with Crippen LogP contribution in [0.1, 0.15) is 22.8 Å². The van der Waals surface area contributed by atoms with Crippen LogP contribution in [0.5, 0.6) is 11.5 Å². The standard InChI is InChI=1S/C21H19N3O7/c1-2-31-20(29)12-3-6-14(7-4-12)22-18(27)11-24-19(28)16(23-21(24)30)9-13-5-8-15(25)10-17(13)26/h3-10,25-26H,2,11H2,1H3,(H,22,27)(H,23,30)/b16-9-. The lowest BCUT2D eigenvalue weighted by atomic mass is 10.1. The predicted molar refractivity (Wildman–Crippen MR) is 109 cm³/mol. The molecule has 10 nitrogen and oxygen atoms in total. The Morgan fingerprint density at radius 3 is 2.48 bits per heavy atom. The van der Waals surface area contributed by atoms with E-state index in [9.17, 15) is 29.4 Å². The van der Waals surface area contributed by atoms with Crippen molar-refractivity contribution in [3.63, 3.8) is 0 Å². The van der Waals surface area contributed by atoms with Crippen LogP contribution in [-0.2, 0) is 14.3 Å². The average Bonchev–Trinajstić information content (AvgIpc) is 2.98. The van der Waals surface area contributed by atoms with Crippen LogP contribution in [0.4, 0.5) is 10.5 Å². The minimum Gasteiger partial charge on any atom is -0.508 e. The van der Waals surface area contributed by atoms with Crippen LogP contribution in [0.3, 0.4) is 0 Å². The number of imide groups is 1. The molecule has 4 N–H and O–H groups in total. The molecule has 160 valence electrons. The molecule has 0 spiro atoms. The zero-order chi connectivity index (χ0) is 22.5. The number of phenols is 2. The summed E-state index contributed by atoms with van der Waals surface area (Å²) in [6, 6.07) is 8.93. The maximum Gasteiger partial charge on any atom is 0.338 e. The topological polar surface area (TPSA) is 145 Å². The van der Waals surface area contributed by atoms with Crippen LogP contribution in [0.15, 0.2) is 48.2 Å². The van der Waals surface area contributed by atoms with Crippen LogP contribution < -0.4 is 10.6 Å². The van der Waals surface area contributed by atoms with Gasteiger partial charge in [0, 0.05) is 17.3 Å². The number of aromatic hydroxyl groups is 2. The van der Waals surface area contributed by atoms with Crippen molar-refractivity contribution in [3.8, 4) is 11.5 Å². The SMILES string of the molecule is CCOC(=O)c1ccc(NC(=O)CN2C(=O)N/C(=C\c3ccc(O)cc3O)C2=O)cc1. The number of hydrogen-bond donors (Lipinski definition) is 4. The first-order valence-corrected chi connectivity index (χ1v) is 9.22. The van der Waals surface area contributed by atoms with E-state index in [1.165, 1.54) is 42.5 Å². The zero-order valence-corrected chi connectivity index (χ0v) is 16.4. The Kier molecular flexibility index (Phi) is 6.20. The number of nitrogens with zero attached hydrogens (tertiary/aromatic N) is 1. The first-order valence-electron chi connectivity index (χ1n) is 9.22. The zero-order valence-electron chi connectivity index (χ0n) is 16.4. The monoisotopic (exact) mass is 425 g/mol. The molecule has 2 aromatic rings. The van der Waals surface area contributed by atoms with Crippen molar-refractivity contribution in [2.75, 3.05) is 18.5 Å². The van der Waals surface area contributed by atoms with Crippen molar-refractivity contribution in [2.45, 2.75) is 6.92 Å². The molecule has 1 fully saturated rings. The molecule has 31 heavy (non-hydrogen) atoms. The van der Waals surface area contributed by atoms with E-state index in [1.807, 2.05) is 0 Å². The molecule has 10 heteroatoms. The Morgan fingerprint density at radius 1 is 1.13 bits per heavy atom. The number of nitrogens with one attached hydrogen (secondary N) is 2. The molecule has 0 bridgehead atoms. The molecule has 0 aliphatic carbocycles. The van der Waals surface area contributed by atoms with Crippen LogP contribution in [0.2, 0.25) is 0 Å². The minimum atomic E-state index is -0.790. The number of urea groups is 1. The van der Waals surface area contributed by atoms with Gasteiger partial charge in [-0.25, -0.2) is 14.5 Å². The molecule has 0 aromatic heterocycles. The summed E-state index contributed by atoms with van der Waals surface area (Å²) in [5, 5.41) is 24.0. The smallest absolute Gasteiger partial charge is 0.338 e. The largest absolute Gasteiger partial charge is 0.508 e. The highest BCUT2D eigenvalue weighted by Gasteiger charge is 2.35. The summed E-state index contributed by atoms with van der Waals surface area (Å²) in [6.45, 7) is 1.39. The number of anilines is 1. The van der Waals surface area contributed by atoms with Gasteiger partial charge in [-0.05, 0) is 49.4 Å². The molecule has 0 radical (unpaired) electrons. The lowest BCUT2D eigenvalue weighted by molar-refractivity contribution is -0.127. The summed E-state index contributed by atoms with van der Waals surface area (Å²) in [6.07, 6.45) is 1.24. The van der Waals surface area contributed by atoms with Crippen molar-refractivity contribution < 1.29 is 34.1 Å². The first-order chi connectivity index (χ1) is 14.8. The summed E-state index contributed by atoms with van der Waals surface area (Å²) in [5.41, 5.74) is 0.767. The van der Waals surface area contributed by atoms with E-state index < -0.39 is 30.4 Å². The predicted octanol–water partition coefficient (Wildman–Crippen LogP) is 1.81. The molecule has 0 saturated carbocycles. The van der Waals surface area contributed by atoms with E-state index in [4.69, 9.17) is 4.74 Å². The highest BCUT2D eigenvalue weighted by atomic mass is 16.5. The van der Waals surface area contributed by atoms with Gasteiger partial charge < -0.3 is 25.6 Å². The fourth-order valence-electron chi connectivity index (χ4n) is 2.77. The fraction of sp³-hybridized carbons (Fsp3) is 0.143. The van der Waals surface area contributed by atoms with Gasteiger partial charge in [-0.3, -0.25) is 9.59 Å². The molecule has 0 unspecified atom stereocenters. The van der Waals surface area contributed by atoms with Crippen molar-refractivity contribution >= 4 is 35.6 Å². The van der Waals surface area contributed by atoms with E-state index in [2.05, 4.69) is 10.6 Å². The lowest BCUT2D eigenvalue weighted by Gasteiger charge is -2.12. The molecule has 1 aliphatic rings. The van der Waals surface area contributed by atoms with Gasteiger partial charge in [-0.2, -0.15) is 0 Å². The number of ether oxygens (including phenoxy) is 1. The Balaban J connectivity index is 1.65. The van der Waals surface area contributed by atoms with Gasteiger partial charge in [0.05, 0.1) is 12.2 Å². The number of amides is 4. The molecule has 0 atom stereocenters. The van der Waals surface area contributed by atoms with E-state index in [1.54, 1.807) is 6.92 Å². The van der Waals surface area contributed by atoms with E-state index >= 15 is 0 Å². The molecule has 3 rings (SSSR count). The second kappa shape index (κ2) is 8.99. The Bertz CT molecular complexity index is 1080. The van der Waals surface area contributed by atoms with Gasteiger partial charge in [-0.1, -0.05) is 0 Å². The molecule has 4 amide bonds. The van der Waals surface area contributed by atoms with Crippen molar-refractivity contribution in [1.82, 2.24) is 10.2 Å². The summed E-state index contributed by atoms with van der Waals surface area (Å²) < 4.78 is 4.88. The average molecular weight is 425 g/mol. The van der Waals surface area contributed by atoms with Crippen molar-refractivity contribution in [1.29, 1.82) is 0 Å². The molecular weight excluding hydrogens is 406 g/mol. The van der Waals surface area contributed by atoms with E-state index in [0.29, 0.717) is 16.2 Å². The van der Waals surface area contributed by atoms with E-state index in [-0.39, 0.29) is 29.4 Å². The Hall–Kier alpha value is -4.34. The highest BCUT2D eigenvalue weighted by molar-refractivity contribution is 6.16. The third-order valence-corrected chi connectivity index (χ3v) is 4.26. The molecule has 1 saturated heterocycles. The second-order valence-electron chi connectivity index (χ2n) is 6.47. The summed E-state index contributed by atoms with van der Waals surface area (Å²) in [4.78, 5) is 49.2. The maximum absolute atomic E-state index is 12.5. The normalized spacial score (nSPS) is 14.5. The van der Waals surface area contributed by atoms with Crippen LogP contribution >= 0.6 is 0 Å².